The first-order valence-corrected chi connectivity index (χ1v) is 9.58. The molecule has 0 radical (unpaired) electrons. The highest BCUT2D eigenvalue weighted by Gasteiger charge is 2.23. The monoisotopic (exact) mass is 391 g/mol. The van der Waals surface area contributed by atoms with Gasteiger partial charge in [0.15, 0.2) is 0 Å². The fourth-order valence-electron chi connectivity index (χ4n) is 3.52. The maximum absolute atomic E-state index is 13.0. The average Bonchev–Trinajstić information content (AvgIpc) is 2.80. The lowest BCUT2D eigenvalue weighted by atomic mass is 10.0. The summed E-state index contributed by atoms with van der Waals surface area (Å²) in [5.74, 6) is 0.735. The lowest BCUT2D eigenvalue weighted by Gasteiger charge is -2.35. The first-order chi connectivity index (χ1) is 14.2. The van der Waals surface area contributed by atoms with Gasteiger partial charge in [-0.2, -0.15) is 0 Å². The molecule has 1 aliphatic heterocycles. The minimum Gasteiger partial charge on any atom is -0.383 e. The van der Waals surface area contributed by atoms with Crippen molar-refractivity contribution in [3.8, 4) is 0 Å². The van der Waals surface area contributed by atoms with Gasteiger partial charge >= 0.3 is 0 Å². The summed E-state index contributed by atoms with van der Waals surface area (Å²) < 4.78 is 0. The second-order valence-corrected chi connectivity index (χ2v) is 6.98. The van der Waals surface area contributed by atoms with Crippen LogP contribution in [0.3, 0.4) is 0 Å². The molecular weight excluding hydrogens is 362 g/mol. The quantitative estimate of drug-likeness (QED) is 0.643. The molecule has 1 fully saturated rings. The van der Waals surface area contributed by atoms with Crippen molar-refractivity contribution in [1.29, 1.82) is 0 Å². The first-order valence-electron chi connectivity index (χ1n) is 9.58. The highest BCUT2D eigenvalue weighted by molar-refractivity contribution is 6.10. The Morgan fingerprint density at radius 1 is 1.24 bits per heavy atom. The Morgan fingerprint density at radius 2 is 2.07 bits per heavy atom. The zero-order chi connectivity index (χ0) is 20.2. The maximum atomic E-state index is 13.0. The first kappa shape index (κ1) is 18.8. The zero-order valence-corrected chi connectivity index (χ0v) is 16.1. The van der Waals surface area contributed by atoms with Gasteiger partial charge in [0.1, 0.15) is 17.3 Å². The molecule has 1 aliphatic rings. The highest BCUT2D eigenvalue weighted by Crippen LogP contribution is 2.23. The van der Waals surface area contributed by atoms with Gasteiger partial charge in [-0.15, -0.1) is 0 Å². The van der Waals surface area contributed by atoms with Gasteiger partial charge in [-0.3, -0.25) is 4.79 Å². The predicted octanol–water partition coefficient (Wildman–Crippen LogP) is 3.82. The van der Waals surface area contributed by atoms with Gasteiger partial charge in [-0.1, -0.05) is 49.1 Å². The van der Waals surface area contributed by atoms with Gasteiger partial charge in [0.25, 0.3) is 0 Å². The molecule has 3 heterocycles. The lowest BCUT2D eigenvalue weighted by Crippen LogP contribution is -2.46. The van der Waals surface area contributed by atoms with Gasteiger partial charge in [0, 0.05) is 36.2 Å². The molecule has 4 rings (SSSR count). The number of nitrogens with one attached hydrogen (secondary N) is 1. The van der Waals surface area contributed by atoms with Crippen LogP contribution in [0.15, 0.2) is 67.4 Å². The molecule has 1 saturated heterocycles. The van der Waals surface area contributed by atoms with Crippen molar-refractivity contribution >= 4 is 23.5 Å². The van der Waals surface area contributed by atoms with Gasteiger partial charge in [-0.25, -0.2) is 9.97 Å². The number of aromatic nitrogens is 2. The van der Waals surface area contributed by atoms with Crippen molar-refractivity contribution in [2.75, 3.05) is 30.3 Å². The summed E-state index contributed by atoms with van der Waals surface area (Å²) in [5, 5.41) is 3.55. The second-order valence-electron chi connectivity index (χ2n) is 6.98. The molecule has 6 heteroatoms. The minimum absolute atomic E-state index is 0. The Morgan fingerprint density at radius 3 is 2.86 bits per heavy atom. The molecule has 0 amide bonds. The molecule has 0 aliphatic carbocycles. The molecule has 3 aromatic rings. The van der Waals surface area contributed by atoms with E-state index in [9.17, 15) is 4.79 Å². The number of hydrogen-bond acceptors (Lipinski definition) is 6. The minimum atomic E-state index is -0.240. The van der Waals surface area contributed by atoms with Crippen LogP contribution in [0.25, 0.3) is 6.08 Å². The summed E-state index contributed by atoms with van der Waals surface area (Å²) in [5.41, 5.74) is 8.61. The van der Waals surface area contributed by atoms with E-state index in [0.717, 1.165) is 31.0 Å². The van der Waals surface area contributed by atoms with Crippen LogP contribution in [-0.4, -0.2) is 35.4 Å². The number of nitrogens with zero attached hydrogens (tertiary/aromatic N) is 3. The third kappa shape index (κ3) is 4.02. The number of nitrogen functional groups attached to an aromatic ring is 1. The Kier molecular flexibility index (Phi) is 5.35. The van der Waals surface area contributed by atoms with E-state index in [4.69, 9.17) is 5.73 Å². The van der Waals surface area contributed by atoms with E-state index in [2.05, 4.69) is 38.9 Å². The number of benzene rings is 1. The summed E-state index contributed by atoms with van der Waals surface area (Å²) >= 11 is 0. The predicted molar refractivity (Wildman–Crippen MR) is 122 cm³/mol. The molecule has 1 aromatic carbocycles. The van der Waals surface area contributed by atoms with Gasteiger partial charge in [0.2, 0.25) is 5.78 Å². The van der Waals surface area contributed by atoms with Crippen LogP contribution in [-0.2, 0) is 0 Å². The fourth-order valence-corrected chi connectivity index (χ4v) is 3.52. The Labute approximate surface area is 174 Å². The summed E-state index contributed by atoms with van der Waals surface area (Å²) in [6, 6.07) is 17.8. The normalized spacial score (nSPS) is 16.4. The van der Waals surface area contributed by atoms with Gasteiger partial charge < -0.3 is 16.0 Å². The number of rotatable bonds is 5. The third-order valence-electron chi connectivity index (χ3n) is 5.09. The maximum Gasteiger partial charge on any atom is 0.215 e. The topological polar surface area (TPSA) is 84.1 Å². The number of carbonyl (C=O) groups is 1. The van der Waals surface area contributed by atoms with E-state index >= 15 is 0 Å². The van der Waals surface area contributed by atoms with Crippen LogP contribution in [0.2, 0.25) is 0 Å². The summed E-state index contributed by atoms with van der Waals surface area (Å²) in [7, 11) is 0. The van der Waals surface area contributed by atoms with Crippen LogP contribution >= 0.6 is 0 Å². The van der Waals surface area contributed by atoms with Crippen molar-refractivity contribution in [1.82, 2.24) is 15.3 Å². The third-order valence-corrected chi connectivity index (χ3v) is 5.09. The molecule has 0 saturated carbocycles. The number of hydrogen-bond donors (Lipinski definition) is 2. The Bertz CT molecular complexity index is 1050. The smallest absolute Gasteiger partial charge is 0.215 e. The average molecular weight is 392 g/mol. The van der Waals surface area contributed by atoms with E-state index < -0.39 is 0 Å². The lowest BCUT2D eigenvalue weighted by molar-refractivity contribution is 0.103. The van der Waals surface area contributed by atoms with Gasteiger partial charge in [-0.05, 0) is 29.3 Å². The number of anilines is 2. The Balaban J connectivity index is 0.00000171. The van der Waals surface area contributed by atoms with Crippen molar-refractivity contribution in [2.24, 2.45) is 0 Å². The molecule has 0 bridgehead atoms. The summed E-state index contributed by atoms with van der Waals surface area (Å²) in [6.07, 6.45) is 3.23. The molecule has 29 heavy (non-hydrogen) atoms. The Hall–Kier alpha value is -3.51. The highest BCUT2D eigenvalue weighted by atomic mass is 16.1. The number of nitrogens with two attached hydrogens (primary N) is 1. The van der Waals surface area contributed by atoms with E-state index in [1.54, 1.807) is 24.4 Å². The molecular formula is C23H29N5O. The molecule has 152 valence electrons. The van der Waals surface area contributed by atoms with Crippen molar-refractivity contribution in [2.45, 2.75) is 6.04 Å². The van der Waals surface area contributed by atoms with Crippen LogP contribution < -0.4 is 16.0 Å². The van der Waals surface area contributed by atoms with Crippen LogP contribution in [0, 0.1) is 0 Å². The van der Waals surface area contributed by atoms with E-state index in [1.807, 2.05) is 30.3 Å². The SMILES string of the molecule is C=Cc1cnc(N)c(C(=O)c2cccc(N3CCNC(c4ccccc4)C3)n2)c1.[HH].[HH].[HH]. The van der Waals surface area contributed by atoms with Crippen molar-refractivity contribution in [3.05, 3.63) is 89.8 Å². The number of pyridine rings is 2. The standard InChI is InChI=1S/C23H23N5O.3H2/c1-2-16-13-18(23(24)26-14-16)22(29)19-9-6-10-21(27-19)28-12-11-25-20(15-28)17-7-4-3-5-8-17;;;/h2-10,13-14,20,25H,1,11-12,15H2,(H2,24,26);3*1H. The van der Waals surface area contributed by atoms with Crippen LogP contribution in [0.5, 0.6) is 0 Å². The van der Waals surface area contributed by atoms with E-state index in [-0.39, 0.29) is 21.9 Å². The van der Waals surface area contributed by atoms with Crippen LogP contribution in [0.4, 0.5) is 11.6 Å². The molecule has 2 aromatic heterocycles. The van der Waals surface area contributed by atoms with E-state index in [1.165, 1.54) is 5.56 Å². The van der Waals surface area contributed by atoms with Crippen molar-refractivity contribution < 1.29 is 9.07 Å². The zero-order valence-electron chi connectivity index (χ0n) is 16.1. The molecule has 1 unspecified atom stereocenters. The molecule has 0 spiro atoms. The fraction of sp³-hybridized carbons (Fsp3) is 0.174. The summed E-state index contributed by atoms with van der Waals surface area (Å²) in [6.45, 7) is 6.17. The van der Waals surface area contributed by atoms with Crippen molar-refractivity contribution in [3.63, 3.8) is 0 Å². The van der Waals surface area contributed by atoms with E-state index in [0.29, 0.717) is 11.3 Å². The number of ketones is 1. The van der Waals surface area contributed by atoms with Crippen LogP contribution in [0.1, 0.15) is 37.5 Å². The molecule has 3 N–H and O–H groups in total. The number of piperazine rings is 1. The number of carbonyl (C=O) groups excluding carboxylic acids is 1. The molecule has 1 atom stereocenters. The molecule has 6 nitrogen and oxygen atoms in total. The summed E-state index contributed by atoms with van der Waals surface area (Å²) in [4.78, 5) is 23.9. The largest absolute Gasteiger partial charge is 0.383 e. The second kappa shape index (κ2) is 8.24. The van der Waals surface area contributed by atoms with Gasteiger partial charge in [0.05, 0.1) is 5.56 Å².